The maximum Gasteiger partial charge on any atom is 0.253 e. The van der Waals surface area contributed by atoms with Crippen molar-refractivity contribution in [3.8, 4) is 11.3 Å². The number of benzene rings is 1. The lowest BCUT2D eigenvalue weighted by atomic mass is 10.0. The first kappa shape index (κ1) is 32.0. The first-order valence-electron chi connectivity index (χ1n) is 12.6. The molecule has 6 nitrogen and oxygen atoms in total. The molecule has 3 aromatic rings. The average molecular weight is 535 g/mol. The van der Waals surface area contributed by atoms with Gasteiger partial charge < -0.3 is 15.2 Å². The van der Waals surface area contributed by atoms with E-state index < -0.39 is 5.92 Å². The molecule has 2 N–H and O–H groups in total. The molecule has 0 saturated heterocycles. The largest absolute Gasteiger partial charge is 0.356 e. The molecule has 0 bridgehead atoms. The number of nitrogens with zero attached hydrogens (tertiary/aromatic N) is 2. The van der Waals surface area contributed by atoms with Crippen molar-refractivity contribution in [2.45, 2.75) is 66.7 Å². The number of rotatable bonds is 9. The smallest absolute Gasteiger partial charge is 0.253 e. The summed E-state index contributed by atoms with van der Waals surface area (Å²) in [6.07, 6.45) is 4.11. The van der Waals surface area contributed by atoms with Gasteiger partial charge in [-0.2, -0.15) is 0 Å². The van der Waals surface area contributed by atoms with Gasteiger partial charge in [-0.05, 0) is 31.4 Å². The van der Waals surface area contributed by atoms with Gasteiger partial charge in [0.1, 0.15) is 0 Å². The van der Waals surface area contributed by atoms with E-state index in [1.807, 2.05) is 71.3 Å². The number of nitrogens with one attached hydrogen (secondary N) is 2. The monoisotopic (exact) mass is 534 g/mol. The molecule has 0 saturated carbocycles. The topological polar surface area (TPSA) is 76.0 Å². The zero-order valence-electron chi connectivity index (χ0n) is 22.9. The molecule has 0 aliphatic heterocycles. The Bertz CT molecular complexity index is 1110. The maximum atomic E-state index is 12.5. The Morgan fingerprint density at radius 3 is 2.46 bits per heavy atom. The number of hydrogen-bond donors (Lipinski definition) is 2. The van der Waals surface area contributed by atoms with E-state index in [1.54, 1.807) is 23.0 Å². The Labute approximate surface area is 223 Å². The van der Waals surface area contributed by atoms with E-state index in [0.717, 1.165) is 16.8 Å². The Morgan fingerprint density at radius 1 is 1.19 bits per heavy atom. The molecular weight excluding hydrogens is 494 g/mol. The van der Waals surface area contributed by atoms with E-state index in [0.29, 0.717) is 23.0 Å². The molecule has 0 fully saturated rings. The fraction of sp³-hybridized carbons (Fsp3) is 0.464. The van der Waals surface area contributed by atoms with Crippen molar-refractivity contribution in [3.63, 3.8) is 0 Å². The third-order valence-electron chi connectivity index (χ3n) is 5.17. The number of carbonyl (C=O) groups excluding carboxylic acids is 2. The maximum absolute atomic E-state index is 12.5. The van der Waals surface area contributed by atoms with Crippen molar-refractivity contribution in [2.24, 2.45) is 13.0 Å². The van der Waals surface area contributed by atoms with Crippen LogP contribution in [0.1, 0.15) is 69.8 Å². The number of carbonyl (C=O) groups is 2. The number of amides is 2. The van der Waals surface area contributed by atoms with Gasteiger partial charge in [0.25, 0.3) is 5.91 Å². The first-order valence-corrected chi connectivity index (χ1v) is 13.5. The van der Waals surface area contributed by atoms with Gasteiger partial charge in [-0.15, -0.1) is 11.3 Å². The van der Waals surface area contributed by atoms with Crippen LogP contribution in [0.4, 0.5) is 13.9 Å². The highest BCUT2D eigenvalue weighted by molar-refractivity contribution is 7.14. The zero-order chi connectivity index (χ0) is 28.0. The van der Waals surface area contributed by atoms with Crippen molar-refractivity contribution in [3.05, 3.63) is 59.2 Å². The summed E-state index contributed by atoms with van der Waals surface area (Å²) >= 11 is 1.35. The highest BCUT2D eigenvalue weighted by Gasteiger charge is 2.25. The minimum absolute atomic E-state index is 0.0281. The zero-order valence-corrected chi connectivity index (χ0v) is 23.7. The molecule has 2 aromatic heterocycles. The lowest BCUT2D eigenvalue weighted by Crippen LogP contribution is -2.32. The van der Waals surface area contributed by atoms with Crippen molar-refractivity contribution >= 4 is 28.3 Å². The minimum Gasteiger partial charge on any atom is -0.356 e. The lowest BCUT2D eigenvalue weighted by Gasteiger charge is -2.14. The van der Waals surface area contributed by atoms with Crippen LogP contribution in [0, 0.1) is 12.8 Å². The van der Waals surface area contributed by atoms with Gasteiger partial charge >= 0.3 is 0 Å². The van der Waals surface area contributed by atoms with Gasteiger partial charge in [-0.25, -0.2) is 13.8 Å². The molecule has 0 unspecified atom stereocenters. The number of hydrogen-bond acceptors (Lipinski definition) is 4. The molecule has 0 spiro atoms. The van der Waals surface area contributed by atoms with Crippen molar-refractivity contribution in [1.82, 2.24) is 14.9 Å². The molecule has 37 heavy (non-hydrogen) atoms. The molecule has 1 aromatic carbocycles. The number of halogens is 2. The predicted octanol–water partition coefficient (Wildman–Crippen LogP) is 7.32. The van der Waals surface area contributed by atoms with Gasteiger partial charge in [-0.3, -0.25) is 9.59 Å². The molecule has 0 radical (unpaired) electrons. The number of alkyl halides is 2. The van der Waals surface area contributed by atoms with Gasteiger partial charge in [0, 0.05) is 43.2 Å². The highest BCUT2D eigenvalue weighted by atomic mass is 32.1. The summed E-state index contributed by atoms with van der Waals surface area (Å²) < 4.78 is 26.8. The summed E-state index contributed by atoms with van der Waals surface area (Å²) in [6, 6.07) is 9.71. The second kappa shape index (κ2) is 15.9. The standard InChI is InChI=1S/C18H18N4O2S.C8H16F2.C2H6/c1-12-4-3-5-13(8-12)15-11-25-18(20-15)21-16(23)9-19-17(24)14-6-7-22(2)10-14;1-4-8(9,10)6-5-7(2)3;1-2/h3-8,10-11H,9H2,1-2H3,(H,19,24)(H,20,21,23);7H,4-6H2,1-3H3;1-2H3. The molecule has 3 rings (SSSR count). The van der Waals surface area contributed by atoms with Crippen LogP contribution in [0.15, 0.2) is 48.1 Å². The van der Waals surface area contributed by atoms with Gasteiger partial charge in [-0.1, -0.05) is 58.4 Å². The first-order chi connectivity index (χ1) is 17.5. The fourth-order valence-electron chi connectivity index (χ4n) is 3.01. The molecule has 0 aliphatic rings. The normalized spacial score (nSPS) is 10.6. The molecule has 204 valence electrons. The van der Waals surface area contributed by atoms with Gasteiger partial charge in [0.05, 0.1) is 17.8 Å². The molecule has 2 heterocycles. The summed E-state index contributed by atoms with van der Waals surface area (Å²) in [5.41, 5.74) is 3.50. The Hall–Kier alpha value is -3.07. The second-order valence-electron chi connectivity index (χ2n) is 8.85. The second-order valence-corrected chi connectivity index (χ2v) is 9.70. The van der Waals surface area contributed by atoms with E-state index >= 15 is 0 Å². The number of anilines is 1. The van der Waals surface area contributed by atoms with E-state index in [9.17, 15) is 18.4 Å². The lowest BCUT2D eigenvalue weighted by molar-refractivity contribution is -0.115. The Kier molecular flexibility index (Phi) is 13.7. The van der Waals surface area contributed by atoms with Crippen LogP contribution in [0.5, 0.6) is 0 Å². The summed E-state index contributed by atoms with van der Waals surface area (Å²) in [4.78, 5) is 28.3. The predicted molar refractivity (Wildman–Crippen MR) is 149 cm³/mol. The number of aromatic nitrogens is 2. The van der Waals surface area contributed by atoms with Gasteiger partial charge in [0.15, 0.2) is 5.13 Å². The molecule has 0 atom stereocenters. The van der Waals surface area contributed by atoms with Crippen molar-refractivity contribution in [2.75, 3.05) is 11.9 Å². The van der Waals surface area contributed by atoms with Crippen LogP contribution in [0.3, 0.4) is 0 Å². The molecule has 9 heteroatoms. The number of thiazole rings is 1. The molecular formula is C28H40F2N4O2S. The third kappa shape index (κ3) is 12.1. The third-order valence-corrected chi connectivity index (χ3v) is 5.93. The fourth-order valence-corrected chi connectivity index (χ4v) is 3.74. The molecule has 0 aliphatic carbocycles. The van der Waals surface area contributed by atoms with Crippen LogP contribution in [-0.4, -0.2) is 33.8 Å². The summed E-state index contributed by atoms with van der Waals surface area (Å²) in [5.74, 6) is -2.63. The van der Waals surface area contributed by atoms with E-state index in [1.165, 1.54) is 18.3 Å². The van der Waals surface area contributed by atoms with Crippen LogP contribution in [-0.2, 0) is 11.8 Å². The summed E-state index contributed by atoms with van der Waals surface area (Å²) in [6.45, 7) is 11.4. The van der Waals surface area contributed by atoms with Crippen LogP contribution in [0.25, 0.3) is 11.3 Å². The Morgan fingerprint density at radius 2 is 1.89 bits per heavy atom. The summed E-state index contributed by atoms with van der Waals surface area (Å²) in [7, 11) is 1.83. The van der Waals surface area contributed by atoms with Crippen LogP contribution in [0.2, 0.25) is 0 Å². The van der Waals surface area contributed by atoms with E-state index in [4.69, 9.17) is 0 Å². The SMILES string of the molecule is CC.CCC(F)(F)CCC(C)C.Cc1cccc(-c2csc(NC(=O)CNC(=O)c3ccn(C)c3)n2)c1. The van der Waals surface area contributed by atoms with E-state index in [-0.39, 0.29) is 31.2 Å². The van der Waals surface area contributed by atoms with Crippen LogP contribution < -0.4 is 10.6 Å². The average Bonchev–Trinajstić information content (AvgIpc) is 3.52. The molecule has 2 amide bonds. The minimum atomic E-state index is -2.43. The Balaban J connectivity index is 0.000000483. The number of aryl methyl sites for hydroxylation is 2. The van der Waals surface area contributed by atoms with Crippen LogP contribution >= 0.6 is 11.3 Å². The van der Waals surface area contributed by atoms with Crippen molar-refractivity contribution in [1.29, 1.82) is 0 Å². The summed E-state index contributed by atoms with van der Waals surface area (Å²) in [5, 5.41) is 7.70. The van der Waals surface area contributed by atoms with Crippen molar-refractivity contribution < 1.29 is 18.4 Å². The quantitative estimate of drug-likeness (QED) is 0.302. The van der Waals surface area contributed by atoms with Gasteiger partial charge in [0.2, 0.25) is 11.8 Å². The van der Waals surface area contributed by atoms with E-state index in [2.05, 4.69) is 15.6 Å². The highest BCUT2D eigenvalue weighted by Crippen LogP contribution is 2.26.